The monoisotopic (exact) mass is 553 g/mol. The van der Waals surface area contributed by atoms with Crippen molar-refractivity contribution in [3.8, 4) is 17.3 Å². The minimum Gasteiger partial charge on any atom is -0.370 e. The molecule has 0 unspecified atom stereocenters. The minimum absolute atomic E-state index is 0.0204. The number of nitriles is 1. The van der Waals surface area contributed by atoms with Crippen LogP contribution in [0.25, 0.3) is 11.3 Å². The van der Waals surface area contributed by atoms with E-state index in [2.05, 4.69) is 17.1 Å². The lowest BCUT2D eigenvalue weighted by Crippen LogP contribution is -2.54. The molecule has 2 fully saturated rings. The van der Waals surface area contributed by atoms with Crippen molar-refractivity contribution in [1.82, 2.24) is 15.2 Å². The van der Waals surface area contributed by atoms with Crippen molar-refractivity contribution in [3.63, 3.8) is 0 Å². The van der Waals surface area contributed by atoms with E-state index in [-0.39, 0.29) is 17.5 Å². The van der Waals surface area contributed by atoms with E-state index in [9.17, 15) is 23.2 Å². The first kappa shape index (κ1) is 27.2. The van der Waals surface area contributed by atoms with Gasteiger partial charge in [-0.3, -0.25) is 9.78 Å². The van der Waals surface area contributed by atoms with E-state index in [1.165, 1.54) is 10.9 Å². The van der Waals surface area contributed by atoms with Crippen LogP contribution in [-0.4, -0.2) is 55.1 Å². The fourth-order valence-electron chi connectivity index (χ4n) is 5.72. The molecule has 2 saturated heterocycles. The molecular formula is C29H30F3N5OS. The lowest BCUT2D eigenvalue weighted by atomic mass is 9.72. The Labute approximate surface area is 230 Å². The number of carbonyl (C=O) groups excluding carboxylic acids is 1. The summed E-state index contributed by atoms with van der Waals surface area (Å²) in [5.74, 6) is -0.0448. The van der Waals surface area contributed by atoms with Crippen LogP contribution in [0.4, 0.5) is 18.9 Å². The summed E-state index contributed by atoms with van der Waals surface area (Å²) >= 11 is 1.66. The number of pyridine rings is 1. The number of nitrogens with zero attached hydrogens (tertiary/aromatic N) is 4. The first-order valence-electron chi connectivity index (χ1n) is 13.0. The third-order valence-electron chi connectivity index (χ3n) is 8.01. The standard InChI is InChI=1S/C29H30F3N5OS/c1-19-24(8-14-39-19)25-5-3-22(17-34-25)28(27(38)35-23-7-11-36(2)18-23)9-12-37(13-10-28)26-6-4-21(29(30,31)32)15-20(26)16-33/h3-6,8,14-15,17,23H,7,9-13,18H2,1-2H3,(H,35,38)/t23-/m1/s1. The van der Waals surface area contributed by atoms with Crippen LogP contribution < -0.4 is 10.2 Å². The Morgan fingerprint density at radius 1 is 1.18 bits per heavy atom. The minimum atomic E-state index is -4.52. The Morgan fingerprint density at radius 3 is 2.51 bits per heavy atom. The summed E-state index contributed by atoms with van der Waals surface area (Å²) < 4.78 is 39.6. The molecule has 39 heavy (non-hydrogen) atoms. The Hall–Kier alpha value is -3.42. The van der Waals surface area contributed by atoms with Gasteiger partial charge in [0.2, 0.25) is 5.91 Å². The van der Waals surface area contributed by atoms with Gasteiger partial charge in [-0.1, -0.05) is 6.07 Å². The number of amides is 1. The fourth-order valence-corrected chi connectivity index (χ4v) is 6.43. The molecule has 0 bridgehead atoms. The quantitative estimate of drug-likeness (QED) is 0.460. The molecule has 1 atom stereocenters. The number of aryl methyl sites for hydroxylation is 1. The molecule has 10 heteroatoms. The van der Waals surface area contributed by atoms with Gasteiger partial charge in [-0.25, -0.2) is 0 Å². The van der Waals surface area contributed by atoms with Crippen LogP contribution >= 0.6 is 11.3 Å². The zero-order chi connectivity index (χ0) is 27.8. The predicted molar refractivity (Wildman–Crippen MR) is 146 cm³/mol. The molecule has 0 saturated carbocycles. The van der Waals surface area contributed by atoms with Gasteiger partial charge in [-0.15, -0.1) is 11.3 Å². The van der Waals surface area contributed by atoms with Crippen molar-refractivity contribution in [1.29, 1.82) is 5.26 Å². The number of halogens is 3. The van der Waals surface area contributed by atoms with Crippen LogP contribution in [0.2, 0.25) is 0 Å². The molecule has 6 nitrogen and oxygen atoms in total. The molecule has 0 aliphatic carbocycles. The average Bonchev–Trinajstić information content (AvgIpc) is 3.55. The van der Waals surface area contributed by atoms with Gasteiger partial charge >= 0.3 is 6.18 Å². The molecule has 2 aliphatic heterocycles. The Balaban J connectivity index is 1.43. The number of hydrogen-bond acceptors (Lipinski definition) is 6. The van der Waals surface area contributed by atoms with Gasteiger partial charge in [0.25, 0.3) is 0 Å². The molecule has 2 aromatic heterocycles. The molecule has 1 amide bonds. The summed E-state index contributed by atoms with van der Waals surface area (Å²) in [6, 6.07) is 11.2. The van der Waals surface area contributed by atoms with Crippen LogP contribution in [0.5, 0.6) is 0 Å². The molecule has 0 radical (unpaired) electrons. The maximum absolute atomic E-state index is 13.9. The Kier molecular flexibility index (Phi) is 7.40. The second kappa shape index (κ2) is 10.6. The van der Waals surface area contributed by atoms with Crippen molar-refractivity contribution in [3.05, 3.63) is 69.5 Å². The third kappa shape index (κ3) is 5.38. The van der Waals surface area contributed by atoms with Gasteiger partial charge < -0.3 is 15.1 Å². The molecule has 2 aliphatic rings. The lowest BCUT2D eigenvalue weighted by molar-refractivity contribution is -0.137. The summed E-state index contributed by atoms with van der Waals surface area (Å²) in [6.07, 6.45) is -0.941. The zero-order valence-corrected chi connectivity index (χ0v) is 22.7. The number of likely N-dealkylation sites (N-methyl/N-ethyl adjacent to an activating group) is 1. The van der Waals surface area contributed by atoms with Crippen molar-refractivity contribution in [2.75, 3.05) is 38.1 Å². The van der Waals surface area contributed by atoms with E-state index in [4.69, 9.17) is 4.98 Å². The number of rotatable bonds is 5. The van der Waals surface area contributed by atoms with E-state index in [1.54, 1.807) is 17.5 Å². The topological polar surface area (TPSA) is 72.3 Å². The number of anilines is 1. The Morgan fingerprint density at radius 2 is 1.95 bits per heavy atom. The maximum Gasteiger partial charge on any atom is 0.416 e. The first-order valence-corrected chi connectivity index (χ1v) is 13.9. The summed E-state index contributed by atoms with van der Waals surface area (Å²) in [6.45, 7) is 4.61. The van der Waals surface area contributed by atoms with Crippen molar-refractivity contribution in [2.45, 2.75) is 43.8 Å². The van der Waals surface area contributed by atoms with Crippen LogP contribution in [0, 0.1) is 18.3 Å². The van der Waals surface area contributed by atoms with E-state index in [1.807, 2.05) is 41.6 Å². The number of thiophene rings is 1. The molecule has 1 N–H and O–H groups in total. The highest BCUT2D eigenvalue weighted by atomic mass is 32.1. The number of aromatic nitrogens is 1. The van der Waals surface area contributed by atoms with E-state index < -0.39 is 17.2 Å². The molecule has 204 valence electrons. The summed E-state index contributed by atoms with van der Waals surface area (Å²) in [4.78, 5) is 23.9. The number of alkyl halides is 3. The third-order valence-corrected chi connectivity index (χ3v) is 8.86. The highest BCUT2D eigenvalue weighted by Crippen LogP contribution is 2.40. The molecule has 3 aromatic rings. The number of benzene rings is 1. The molecule has 4 heterocycles. The van der Waals surface area contributed by atoms with Crippen molar-refractivity contribution < 1.29 is 18.0 Å². The molecule has 0 spiro atoms. The highest BCUT2D eigenvalue weighted by molar-refractivity contribution is 7.10. The molecular weight excluding hydrogens is 523 g/mol. The first-order chi connectivity index (χ1) is 18.6. The van der Waals surface area contributed by atoms with Crippen LogP contribution in [0.3, 0.4) is 0 Å². The fraction of sp³-hybridized carbons (Fsp3) is 0.414. The number of carbonyl (C=O) groups is 1. The van der Waals surface area contributed by atoms with E-state index in [0.717, 1.165) is 48.5 Å². The van der Waals surface area contributed by atoms with Gasteiger partial charge in [0.15, 0.2) is 0 Å². The van der Waals surface area contributed by atoms with E-state index >= 15 is 0 Å². The van der Waals surface area contributed by atoms with Crippen LogP contribution in [0.15, 0.2) is 48.0 Å². The molecule has 5 rings (SSSR count). The van der Waals surface area contributed by atoms with Gasteiger partial charge in [-0.2, -0.15) is 18.4 Å². The van der Waals surface area contributed by atoms with Crippen molar-refractivity contribution >= 4 is 22.9 Å². The smallest absolute Gasteiger partial charge is 0.370 e. The zero-order valence-electron chi connectivity index (χ0n) is 21.9. The van der Waals surface area contributed by atoms with Gasteiger partial charge in [0.05, 0.1) is 27.9 Å². The van der Waals surface area contributed by atoms with Crippen LogP contribution in [0.1, 0.15) is 40.8 Å². The lowest BCUT2D eigenvalue weighted by Gasteiger charge is -2.42. The van der Waals surface area contributed by atoms with E-state index in [0.29, 0.717) is 31.6 Å². The van der Waals surface area contributed by atoms with Crippen molar-refractivity contribution in [2.24, 2.45) is 0 Å². The van der Waals surface area contributed by atoms with Gasteiger partial charge in [-0.05, 0) is 81.1 Å². The Bertz CT molecular complexity index is 1390. The highest BCUT2D eigenvalue weighted by Gasteiger charge is 2.44. The summed E-state index contributed by atoms with van der Waals surface area (Å²) in [5, 5.41) is 14.9. The molecule has 1 aromatic carbocycles. The second-order valence-electron chi connectivity index (χ2n) is 10.5. The average molecular weight is 554 g/mol. The largest absolute Gasteiger partial charge is 0.416 e. The number of nitrogens with one attached hydrogen (secondary N) is 1. The summed E-state index contributed by atoms with van der Waals surface area (Å²) in [5.41, 5.74) is 1.52. The number of hydrogen-bond donors (Lipinski definition) is 1. The normalized spacial score (nSPS) is 19.6. The van der Waals surface area contributed by atoms with Crippen LogP contribution in [-0.2, 0) is 16.4 Å². The SMILES string of the molecule is Cc1sccc1-c1ccc(C2(C(=O)N[C@@H]3CCN(C)C3)CCN(c3ccc(C(F)(F)F)cc3C#N)CC2)cn1. The second-order valence-corrected chi connectivity index (χ2v) is 11.6. The van der Waals surface area contributed by atoms with Gasteiger partial charge in [0, 0.05) is 42.3 Å². The van der Waals surface area contributed by atoms with Gasteiger partial charge in [0.1, 0.15) is 6.07 Å². The maximum atomic E-state index is 13.9. The summed E-state index contributed by atoms with van der Waals surface area (Å²) in [7, 11) is 2.03. The number of piperidine rings is 1. The number of likely N-dealkylation sites (tertiary alicyclic amines) is 1. The predicted octanol–water partition coefficient (Wildman–Crippen LogP) is 5.37.